The third kappa shape index (κ3) is 4.44. The number of amides is 1. The molecular weight excluding hydrogens is 426 g/mol. The van der Waals surface area contributed by atoms with Crippen molar-refractivity contribution in [1.82, 2.24) is 18.8 Å². The summed E-state index contributed by atoms with van der Waals surface area (Å²) in [4.78, 5) is 21.1. The lowest BCUT2D eigenvalue weighted by Crippen LogP contribution is -2.41. The first-order valence-electron chi connectivity index (χ1n) is 10.6. The van der Waals surface area contributed by atoms with E-state index in [1.165, 1.54) is 10.5 Å². The molecular formula is C23H27N5O3S. The van der Waals surface area contributed by atoms with Crippen LogP contribution in [0.25, 0.3) is 11.1 Å². The number of imidazole rings is 1. The first-order chi connectivity index (χ1) is 15.3. The van der Waals surface area contributed by atoms with Crippen LogP contribution in [0.3, 0.4) is 0 Å². The summed E-state index contributed by atoms with van der Waals surface area (Å²) in [5, 5.41) is 3.11. The number of nitrogens with one attached hydrogen (secondary N) is 1. The summed E-state index contributed by atoms with van der Waals surface area (Å²) in [6, 6.07) is 9.81. The van der Waals surface area contributed by atoms with Gasteiger partial charge in [-0.05, 0) is 61.6 Å². The highest BCUT2D eigenvalue weighted by Crippen LogP contribution is 2.28. The maximum absolute atomic E-state index is 12.9. The van der Waals surface area contributed by atoms with Crippen molar-refractivity contribution in [2.45, 2.75) is 31.7 Å². The maximum atomic E-state index is 12.9. The van der Waals surface area contributed by atoms with Crippen LogP contribution in [0, 0.1) is 19.8 Å². The highest BCUT2D eigenvalue weighted by atomic mass is 32.2. The zero-order chi connectivity index (χ0) is 22.9. The molecule has 9 heteroatoms. The van der Waals surface area contributed by atoms with Crippen LogP contribution in [-0.2, 0) is 21.9 Å². The molecule has 32 heavy (non-hydrogen) atoms. The van der Waals surface area contributed by atoms with E-state index in [9.17, 15) is 13.2 Å². The summed E-state index contributed by atoms with van der Waals surface area (Å²) >= 11 is 0. The van der Waals surface area contributed by atoms with Crippen LogP contribution in [-0.4, -0.2) is 46.3 Å². The van der Waals surface area contributed by atoms with E-state index in [4.69, 9.17) is 0 Å². The molecule has 0 radical (unpaired) electrons. The minimum atomic E-state index is -3.65. The highest BCUT2D eigenvalue weighted by Gasteiger charge is 2.33. The number of rotatable bonds is 5. The van der Waals surface area contributed by atoms with Crippen LogP contribution in [0.5, 0.6) is 0 Å². The second kappa shape index (κ2) is 8.84. The molecule has 0 bridgehead atoms. The normalized spacial score (nSPS) is 15.6. The number of hydrogen-bond acceptors (Lipinski definition) is 5. The van der Waals surface area contributed by atoms with Crippen LogP contribution in [0.1, 0.15) is 24.2 Å². The van der Waals surface area contributed by atoms with Crippen molar-refractivity contribution in [1.29, 1.82) is 0 Å². The third-order valence-corrected chi connectivity index (χ3v) is 7.79. The second-order valence-corrected chi connectivity index (χ2v) is 10.1. The van der Waals surface area contributed by atoms with Gasteiger partial charge in [0, 0.05) is 50.3 Å². The highest BCUT2D eigenvalue weighted by molar-refractivity contribution is 7.89. The second-order valence-electron chi connectivity index (χ2n) is 8.17. The third-order valence-electron chi connectivity index (χ3n) is 6.02. The van der Waals surface area contributed by atoms with E-state index in [1.54, 1.807) is 30.9 Å². The van der Waals surface area contributed by atoms with Crippen LogP contribution in [0.4, 0.5) is 5.69 Å². The predicted octanol–water partition coefficient (Wildman–Crippen LogP) is 3.14. The summed E-state index contributed by atoms with van der Waals surface area (Å²) < 4.78 is 28.9. The number of sulfonamides is 1. The van der Waals surface area contributed by atoms with Gasteiger partial charge < -0.3 is 9.88 Å². The quantitative estimate of drug-likeness (QED) is 0.640. The van der Waals surface area contributed by atoms with E-state index in [0.717, 1.165) is 22.4 Å². The molecule has 2 aromatic heterocycles. The number of nitrogens with zero attached hydrogens (tertiary/aromatic N) is 4. The van der Waals surface area contributed by atoms with Gasteiger partial charge in [0.1, 0.15) is 5.82 Å². The van der Waals surface area contributed by atoms with E-state index in [-0.39, 0.29) is 16.9 Å². The van der Waals surface area contributed by atoms with Gasteiger partial charge in [-0.3, -0.25) is 9.78 Å². The minimum absolute atomic E-state index is 0.0592. The lowest BCUT2D eigenvalue weighted by molar-refractivity contribution is -0.120. The molecule has 1 N–H and O–H groups in total. The lowest BCUT2D eigenvalue weighted by Gasteiger charge is -2.30. The Morgan fingerprint density at radius 3 is 2.38 bits per heavy atom. The molecule has 1 aromatic carbocycles. The molecule has 168 valence electrons. The minimum Gasteiger partial charge on any atom is -0.337 e. The fourth-order valence-electron chi connectivity index (χ4n) is 3.86. The number of anilines is 1. The summed E-state index contributed by atoms with van der Waals surface area (Å²) in [6.07, 6.45) is 5.95. The molecule has 1 amide bonds. The summed E-state index contributed by atoms with van der Waals surface area (Å²) in [7, 11) is -1.88. The van der Waals surface area contributed by atoms with E-state index in [0.29, 0.717) is 31.8 Å². The molecule has 0 saturated carbocycles. The van der Waals surface area contributed by atoms with Gasteiger partial charge in [0.15, 0.2) is 5.03 Å². The first-order valence-corrected chi connectivity index (χ1v) is 12.0. The predicted molar refractivity (Wildman–Crippen MR) is 122 cm³/mol. The number of carbonyl (C=O) groups excluding carboxylic acids is 1. The van der Waals surface area contributed by atoms with Gasteiger partial charge >= 0.3 is 0 Å². The van der Waals surface area contributed by atoms with E-state index in [1.807, 2.05) is 37.3 Å². The molecule has 0 atom stereocenters. The Bertz CT molecular complexity index is 1210. The number of aromatic nitrogens is 3. The first kappa shape index (κ1) is 22.2. The van der Waals surface area contributed by atoms with Gasteiger partial charge in [0.25, 0.3) is 10.0 Å². The molecule has 0 spiro atoms. The Hall–Kier alpha value is -3.04. The topological polar surface area (TPSA) is 97.2 Å². The Kier molecular flexibility index (Phi) is 6.12. The zero-order valence-corrected chi connectivity index (χ0v) is 19.3. The molecule has 4 rings (SSSR count). The molecule has 1 aliphatic rings. The zero-order valence-electron chi connectivity index (χ0n) is 18.4. The standard InChI is InChI=1S/C23H27N5O3S/c1-16-4-5-20(18-6-10-24-11-7-18)14-21(16)26-23(29)19-8-12-28(13-9-19)32(30,31)22-15-27(3)17(2)25-22/h4-7,10-11,14-15,19H,8-9,12-13H2,1-3H3,(H,26,29). The Labute approximate surface area is 188 Å². The summed E-state index contributed by atoms with van der Waals surface area (Å²) in [5.41, 5.74) is 3.77. The van der Waals surface area contributed by atoms with Crippen molar-refractivity contribution < 1.29 is 13.2 Å². The van der Waals surface area contributed by atoms with Crippen LogP contribution in [0.15, 0.2) is 53.9 Å². The fraction of sp³-hybridized carbons (Fsp3) is 0.348. The van der Waals surface area contributed by atoms with Gasteiger partial charge in [-0.15, -0.1) is 0 Å². The number of aryl methyl sites for hydroxylation is 3. The molecule has 3 aromatic rings. The van der Waals surface area contributed by atoms with Gasteiger partial charge in [-0.25, -0.2) is 13.4 Å². The summed E-state index contributed by atoms with van der Waals surface area (Å²) in [5.74, 6) is 0.323. The van der Waals surface area contributed by atoms with Crippen molar-refractivity contribution in [3.05, 3.63) is 60.3 Å². The van der Waals surface area contributed by atoms with Gasteiger partial charge in [-0.2, -0.15) is 4.31 Å². The maximum Gasteiger partial charge on any atom is 0.262 e. The largest absolute Gasteiger partial charge is 0.337 e. The van der Waals surface area contributed by atoms with Crippen LogP contribution in [0.2, 0.25) is 0 Å². The van der Waals surface area contributed by atoms with Crippen molar-refractivity contribution >= 4 is 21.6 Å². The molecule has 0 unspecified atom stereocenters. The van der Waals surface area contributed by atoms with E-state index < -0.39 is 10.0 Å². The SMILES string of the molecule is Cc1ccc(-c2ccncc2)cc1NC(=O)C1CCN(S(=O)(=O)c2cn(C)c(C)n2)CC1. The van der Waals surface area contributed by atoms with Gasteiger partial charge in [0.05, 0.1) is 0 Å². The van der Waals surface area contributed by atoms with Crippen molar-refractivity contribution in [3.63, 3.8) is 0 Å². The number of piperidine rings is 1. The van der Waals surface area contributed by atoms with Crippen molar-refractivity contribution in [2.75, 3.05) is 18.4 Å². The molecule has 1 aliphatic heterocycles. The monoisotopic (exact) mass is 453 g/mol. The fourth-order valence-corrected chi connectivity index (χ4v) is 5.35. The average molecular weight is 454 g/mol. The number of pyridine rings is 1. The van der Waals surface area contributed by atoms with E-state index in [2.05, 4.69) is 15.3 Å². The van der Waals surface area contributed by atoms with E-state index >= 15 is 0 Å². The van der Waals surface area contributed by atoms with Gasteiger partial charge in [-0.1, -0.05) is 12.1 Å². The van der Waals surface area contributed by atoms with Crippen molar-refractivity contribution in [2.24, 2.45) is 13.0 Å². The number of benzene rings is 1. The Balaban J connectivity index is 1.42. The Morgan fingerprint density at radius 2 is 1.75 bits per heavy atom. The Morgan fingerprint density at radius 1 is 1.06 bits per heavy atom. The average Bonchev–Trinajstić information content (AvgIpc) is 3.15. The van der Waals surface area contributed by atoms with Crippen molar-refractivity contribution in [3.8, 4) is 11.1 Å². The van der Waals surface area contributed by atoms with Crippen LogP contribution >= 0.6 is 0 Å². The molecule has 1 saturated heterocycles. The van der Waals surface area contributed by atoms with Gasteiger partial charge in [0.2, 0.25) is 5.91 Å². The molecule has 8 nitrogen and oxygen atoms in total. The lowest BCUT2D eigenvalue weighted by atomic mass is 9.96. The smallest absolute Gasteiger partial charge is 0.262 e. The molecule has 3 heterocycles. The molecule has 1 fully saturated rings. The van der Waals surface area contributed by atoms with Crippen LogP contribution < -0.4 is 5.32 Å². The summed E-state index contributed by atoms with van der Waals surface area (Å²) in [6.45, 7) is 4.31. The molecule has 0 aliphatic carbocycles. The number of hydrogen-bond donors (Lipinski definition) is 1. The number of carbonyl (C=O) groups is 1.